The standard InChI is InChI=1S/C11H20BrNO3/c1-10(2,3)16-9(15)13-7-11(4,5)8(14)6-12/h6-7H2,1-5H3,(H,13,15). The topological polar surface area (TPSA) is 55.4 Å². The number of hydrogen-bond acceptors (Lipinski definition) is 3. The van der Waals surface area contributed by atoms with Gasteiger partial charge in [0.2, 0.25) is 0 Å². The van der Waals surface area contributed by atoms with E-state index >= 15 is 0 Å². The molecule has 5 heteroatoms. The number of rotatable bonds is 4. The number of halogens is 1. The first kappa shape index (κ1) is 15.4. The fourth-order valence-electron chi connectivity index (χ4n) is 0.887. The molecule has 1 N–H and O–H groups in total. The van der Waals surface area contributed by atoms with E-state index in [1.54, 1.807) is 34.6 Å². The molecule has 0 aromatic heterocycles. The Hall–Kier alpha value is -0.580. The summed E-state index contributed by atoms with van der Waals surface area (Å²) < 4.78 is 5.07. The molecule has 0 atom stereocenters. The maximum atomic E-state index is 11.5. The Morgan fingerprint density at radius 3 is 2.06 bits per heavy atom. The lowest BCUT2D eigenvalue weighted by Gasteiger charge is -2.24. The molecule has 94 valence electrons. The highest BCUT2D eigenvalue weighted by molar-refractivity contribution is 9.09. The Morgan fingerprint density at radius 2 is 1.69 bits per heavy atom. The number of nitrogens with one attached hydrogen (secondary N) is 1. The Bertz CT molecular complexity index is 269. The van der Waals surface area contributed by atoms with E-state index in [4.69, 9.17) is 4.74 Å². The number of hydrogen-bond donors (Lipinski definition) is 1. The minimum atomic E-state index is -0.583. The lowest BCUT2D eigenvalue weighted by atomic mass is 9.89. The second-order valence-electron chi connectivity index (χ2n) is 5.30. The molecule has 0 aromatic rings. The van der Waals surface area contributed by atoms with Crippen molar-refractivity contribution in [3.8, 4) is 0 Å². The lowest BCUT2D eigenvalue weighted by molar-refractivity contribution is -0.124. The summed E-state index contributed by atoms with van der Waals surface area (Å²) in [6, 6.07) is 0. The van der Waals surface area contributed by atoms with E-state index in [2.05, 4.69) is 21.2 Å². The molecule has 0 aliphatic rings. The Balaban J connectivity index is 4.15. The van der Waals surface area contributed by atoms with E-state index in [1.165, 1.54) is 0 Å². The number of alkyl halides is 1. The highest BCUT2D eigenvalue weighted by Gasteiger charge is 2.27. The van der Waals surface area contributed by atoms with Gasteiger partial charge in [-0.2, -0.15) is 0 Å². The molecule has 1 amide bonds. The number of Topliss-reactive ketones (excluding diaryl/α,β-unsaturated/α-hetero) is 1. The largest absolute Gasteiger partial charge is 0.444 e. The van der Waals surface area contributed by atoms with Gasteiger partial charge < -0.3 is 10.1 Å². The maximum Gasteiger partial charge on any atom is 0.407 e. The van der Waals surface area contributed by atoms with E-state index < -0.39 is 17.1 Å². The second-order valence-corrected chi connectivity index (χ2v) is 5.86. The van der Waals surface area contributed by atoms with Crippen molar-refractivity contribution in [1.29, 1.82) is 0 Å². The van der Waals surface area contributed by atoms with Gasteiger partial charge in [0, 0.05) is 12.0 Å². The molecule has 16 heavy (non-hydrogen) atoms. The van der Waals surface area contributed by atoms with Crippen molar-refractivity contribution >= 4 is 27.8 Å². The predicted molar refractivity (Wildman–Crippen MR) is 66.8 cm³/mol. The van der Waals surface area contributed by atoms with Gasteiger partial charge in [-0.05, 0) is 20.8 Å². The zero-order chi connectivity index (χ0) is 13.0. The summed E-state index contributed by atoms with van der Waals surface area (Å²) >= 11 is 3.11. The molecule has 0 aromatic carbocycles. The smallest absolute Gasteiger partial charge is 0.407 e. The van der Waals surface area contributed by atoms with Gasteiger partial charge in [-0.25, -0.2) is 4.79 Å². The van der Waals surface area contributed by atoms with Crippen molar-refractivity contribution in [1.82, 2.24) is 5.32 Å². The fraction of sp³-hybridized carbons (Fsp3) is 0.818. The molecule has 0 aliphatic heterocycles. The number of alkyl carbamates (subject to hydrolysis) is 1. The average molecular weight is 294 g/mol. The van der Waals surface area contributed by atoms with E-state index in [0.717, 1.165) is 0 Å². The average Bonchev–Trinajstić information content (AvgIpc) is 2.11. The summed E-state index contributed by atoms with van der Waals surface area (Å²) in [5.74, 6) is 0.0450. The Morgan fingerprint density at radius 1 is 1.19 bits per heavy atom. The first-order valence-corrected chi connectivity index (χ1v) is 6.27. The molecule has 0 aliphatic carbocycles. The molecule has 0 fully saturated rings. The van der Waals surface area contributed by atoms with Crippen LogP contribution in [0.1, 0.15) is 34.6 Å². The molecule has 0 heterocycles. The fourth-order valence-corrected chi connectivity index (χ4v) is 1.65. The summed E-state index contributed by atoms with van der Waals surface area (Å²) in [5.41, 5.74) is -1.10. The highest BCUT2D eigenvalue weighted by Crippen LogP contribution is 2.16. The van der Waals surface area contributed by atoms with E-state index in [-0.39, 0.29) is 17.7 Å². The van der Waals surface area contributed by atoms with Crippen LogP contribution < -0.4 is 5.32 Å². The third-order valence-electron chi connectivity index (χ3n) is 1.95. The number of ketones is 1. The second kappa shape index (κ2) is 5.66. The summed E-state index contributed by atoms with van der Waals surface area (Å²) in [7, 11) is 0. The summed E-state index contributed by atoms with van der Waals surface area (Å²) in [6.07, 6.45) is -0.497. The van der Waals surface area contributed by atoms with Crippen LogP contribution in [0, 0.1) is 5.41 Å². The van der Waals surface area contributed by atoms with Crippen molar-refractivity contribution < 1.29 is 14.3 Å². The van der Waals surface area contributed by atoms with Gasteiger partial charge in [-0.3, -0.25) is 4.79 Å². The normalized spacial score (nSPS) is 12.1. The van der Waals surface area contributed by atoms with E-state index in [9.17, 15) is 9.59 Å². The monoisotopic (exact) mass is 293 g/mol. The summed E-state index contributed by atoms with van der Waals surface area (Å²) in [4.78, 5) is 22.9. The van der Waals surface area contributed by atoms with Crippen LogP contribution in [0.4, 0.5) is 4.79 Å². The molecule has 0 unspecified atom stereocenters. The SMILES string of the molecule is CC(C)(C)OC(=O)NCC(C)(C)C(=O)CBr. The van der Waals surface area contributed by atoms with Crippen molar-refractivity contribution in [2.75, 3.05) is 11.9 Å². The lowest BCUT2D eigenvalue weighted by Crippen LogP contribution is -2.41. The molecule has 0 spiro atoms. The van der Waals surface area contributed by atoms with Crippen LogP contribution in [-0.2, 0) is 9.53 Å². The van der Waals surface area contributed by atoms with Gasteiger partial charge in [0.1, 0.15) is 5.60 Å². The maximum absolute atomic E-state index is 11.5. The molecule has 0 bridgehead atoms. The van der Waals surface area contributed by atoms with Gasteiger partial charge in [0.05, 0.1) is 5.33 Å². The molecule has 0 saturated heterocycles. The van der Waals surface area contributed by atoms with Crippen molar-refractivity contribution in [3.05, 3.63) is 0 Å². The Labute approximate surface area is 105 Å². The van der Waals surface area contributed by atoms with E-state index in [0.29, 0.717) is 0 Å². The third kappa shape index (κ3) is 6.10. The first-order chi connectivity index (χ1) is 7.08. The summed E-state index contributed by atoms with van der Waals surface area (Å²) in [6.45, 7) is 9.22. The van der Waals surface area contributed by atoms with Crippen LogP contribution in [0.3, 0.4) is 0 Å². The molecule has 0 radical (unpaired) electrons. The van der Waals surface area contributed by atoms with Gasteiger partial charge >= 0.3 is 6.09 Å². The van der Waals surface area contributed by atoms with Crippen LogP contribution >= 0.6 is 15.9 Å². The molecule has 0 saturated carbocycles. The molecular weight excluding hydrogens is 274 g/mol. The molecular formula is C11H20BrNO3. The van der Waals surface area contributed by atoms with Crippen molar-refractivity contribution in [2.45, 2.75) is 40.2 Å². The van der Waals surface area contributed by atoms with Crippen LogP contribution in [0.5, 0.6) is 0 Å². The minimum absolute atomic E-state index is 0.0450. The zero-order valence-electron chi connectivity index (χ0n) is 10.5. The summed E-state index contributed by atoms with van der Waals surface area (Å²) in [5, 5.41) is 2.88. The van der Waals surface area contributed by atoms with Crippen LogP contribution in [0.2, 0.25) is 0 Å². The van der Waals surface area contributed by atoms with Gasteiger partial charge in [0.15, 0.2) is 5.78 Å². The number of carbonyl (C=O) groups excluding carboxylic acids is 2. The Kier molecular flexibility index (Phi) is 5.46. The zero-order valence-corrected chi connectivity index (χ0v) is 12.1. The molecule has 0 rings (SSSR count). The van der Waals surface area contributed by atoms with Gasteiger partial charge in [0.25, 0.3) is 0 Å². The first-order valence-electron chi connectivity index (χ1n) is 5.14. The van der Waals surface area contributed by atoms with Crippen molar-refractivity contribution in [2.24, 2.45) is 5.41 Å². The number of amides is 1. The van der Waals surface area contributed by atoms with E-state index in [1.807, 2.05) is 0 Å². The number of carbonyl (C=O) groups is 2. The molecule has 4 nitrogen and oxygen atoms in total. The number of ether oxygens (including phenoxy) is 1. The quantitative estimate of drug-likeness (QED) is 0.810. The minimum Gasteiger partial charge on any atom is -0.444 e. The highest BCUT2D eigenvalue weighted by atomic mass is 79.9. The van der Waals surface area contributed by atoms with Crippen LogP contribution in [0.25, 0.3) is 0 Å². The predicted octanol–water partition coefficient (Wildman–Crippen LogP) is 2.50. The van der Waals surface area contributed by atoms with Crippen LogP contribution in [-0.4, -0.2) is 29.4 Å². The van der Waals surface area contributed by atoms with Crippen LogP contribution in [0.15, 0.2) is 0 Å². The van der Waals surface area contributed by atoms with Crippen molar-refractivity contribution in [3.63, 3.8) is 0 Å². The van der Waals surface area contributed by atoms with Gasteiger partial charge in [-0.1, -0.05) is 29.8 Å². The van der Waals surface area contributed by atoms with Gasteiger partial charge in [-0.15, -0.1) is 0 Å². The third-order valence-corrected chi connectivity index (χ3v) is 2.46.